The Kier molecular flexibility index (Phi) is 7.49. The summed E-state index contributed by atoms with van der Waals surface area (Å²) < 4.78 is 38.4. The number of halogens is 3. The number of aliphatic imine (C=N–C) groups is 1. The lowest BCUT2D eigenvalue weighted by molar-refractivity contribution is -0.181. The van der Waals surface area contributed by atoms with E-state index in [0.717, 1.165) is 32.1 Å². The molecule has 2 aliphatic heterocycles. The van der Waals surface area contributed by atoms with Gasteiger partial charge < -0.3 is 10.2 Å². The summed E-state index contributed by atoms with van der Waals surface area (Å²) in [5.41, 5.74) is 0. The van der Waals surface area contributed by atoms with E-state index in [0.29, 0.717) is 26.2 Å². The van der Waals surface area contributed by atoms with Gasteiger partial charge in [-0.2, -0.15) is 24.9 Å². The highest BCUT2D eigenvalue weighted by molar-refractivity contribution is 7.99. The Hall–Kier alpha value is -0.670. The number of hydrogen-bond donors (Lipinski definition) is 1. The van der Waals surface area contributed by atoms with Crippen molar-refractivity contribution in [2.24, 2.45) is 4.99 Å². The number of guanidine groups is 1. The molecule has 0 aliphatic carbocycles. The maximum absolute atomic E-state index is 12.8. The van der Waals surface area contributed by atoms with Crippen molar-refractivity contribution in [3.63, 3.8) is 0 Å². The van der Waals surface area contributed by atoms with Crippen molar-refractivity contribution in [3.05, 3.63) is 0 Å². The van der Waals surface area contributed by atoms with Crippen molar-refractivity contribution >= 4 is 17.7 Å². The standard InChI is InChI=1S/C15H28F3N5S/c1-13(15(16,17)18)22-5-7-23(8-6-22)14(19-2)20-3-4-21-9-11-24-12-10-21/h13H,3-12H2,1-2H3,(H,19,20). The van der Waals surface area contributed by atoms with Crippen molar-refractivity contribution in [2.75, 3.05) is 70.9 Å². The van der Waals surface area contributed by atoms with E-state index in [1.54, 1.807) is 7.05 Å². The van der Waals surface area contributed by atoms with Gasteiger partial charge in [-0.1, -0.05) is 0 Å². The number of nitrogens with zero attached hydrogens (tertiary/aromatic N) is 4. The Bertz CT molecular complexity index is 404. The molecule has 2 fully saturated rings. The second kappa shape index (κ2) is 9.15. The maximum Gasteiger partial charge on any atom is 0.403 e. The highest BCUT2D eigenvalue weighted by Gasteiger charge is 2.41. The zero-order valence-corrected chi connectivity index (χ0v) is 15.3. The zero-order valence-electron chi connectivity index (χ0n) is 14.5. The summed E-state index contributed by atoms with van der Waals surface area (Å²) in [6.07, 6.45) is -4.16. The van der Waals surface area contributed by atoms with E-state index in [1.807, 2.05) is 16.7 Å². The van der Waals surface area contributed by atoms with Gasteiger partial charge in [-0.3, -0.25) is 14.8 Å². The van der Waals surface area contributed by atoms with Crippen LogP contribution >= 0.6 is 11.8 Å². The molecule has 2 rings (SSSR count). The lowest BCUT2D eigenvalue weighted by atomic mass is 10.2. The SMILES string of the molecule is CN=C(NCCN1CCSCC1)N1CCN(C(C)C(F)(F)F)CC1. The minimum absolute atomic E-state index is 0.407. The van der Waals surface area contributed by atoms with Crippen LogP contribution in [0.15, 0.2) is 4.99 Å². The molecule has 0 saturated carbocycles. The fourth-order valence-corrected chi connectivity index (χ4v) is 3.99. The second-order valence-corrected chi connectivity index (χ2v) is 7.39. The van der Waals surface area contributed by atoms with Crippen LogP contribution < -0.4 is 5.32 Å². The number of rotatable bonds is 4. The van der Waals surface area contributed by atoms with Crippen LogP contribution in [0.5, 0.6) is 0 Å². The van der Waals surface area contributed by atoms with Crippen LogP contribution in [-0.4, -0.2) is 104 Å². The van der Waals surface area contributed by atoms with Gasteiger partial charge >= 0.3 is 6.18 Å². The zero-order chi connectivity index (χ0) is 17.6. The molecule has 0 aromatic heterocycles. The van der Waals surface area contributed by atoms with E-state index < -0.39 is 12.2 Å². The van der Waals surface area contributed by atoms with Gasteiger partial charge in [-0.05, 0) is 6.92 Å². The maximum atomic E-state index is 12.8. The van der Waals surface area contributed by atoms with Crippen molar-refractivity contribution in [2.45, 2.75) is 19.1 Å². The van der Waals surface area contributed by atoms with Gasteiger partial charge in [0.1, 0.15) is 6.04 Å². The number of hydrogen-bond acceptors (Lipinski definition) is 4. The Labute approximate surface area is 146 Å². The molecule has 0 radical (unpaired) electrons. The van der Waals surface area contributed by atoms with Gasteiger partial charge in [0.2, 0.25) is 0 Å². The number of thioether (sulfide) groups is 1. The molecule has 24 heavy (non-hydrogen) atoms. The molecule has 2 saturated heterocycles. The van der Waals surface area contributed by atoms with Crippen LogP contribution in [0.4, 0.5) is 13.2 Å². The monoisotopic (exact) mass is 367 g/mol. The summed E-state index contributed by atoms with van der Waals surface area (Å²) in [4.78, 5) is 10.3. The van der Waals surface area contributed by atoms with E-state index in [1.165, 1.54) is 23.3 Å². The van der Waals surface area contributed by atoms with Gasteiger partial charge in [-0.25, -0.2) is 0 Å². The number of nitrogens with one attached hydrogen (secondary N) is 1. The third-order valence-electron chi connectivity index (χ3n) is 4.66. The molecule has 9 heteroatoms. The summed E-state index contributed by atoms with van der Waals surface area (Å²) in [5.74, 6) is 3.17. The highest BCUT2D eigenvalue weighted by atomic mass is 32.2. The Morgan fingerprint density at radius 3 is 2.29 bits per heavy atom. The van der Waals surface area contributed by atoms with Crippen molar-refractivity contribution in [3.8, 4) is 0 Å². The van der Waals surface area contributed by atoms with E-state index in [-0.39, 0.29) is 0 Å². The fourth-order valence-electron chi connectivity index (χ4n) is 3.01. The minimum atomic E-state index is -4.16. The molecule has 140 valence electrons. The molecule has 0 aromatic carbocycles. The lowest BCUT2D eigenvalue weighted by Crippen LogP contribution is -2.57. The third kappa shape index (κ3) is 5.70. The smallest absolute Gasteiger partial charge is 0.355 e. The normalized spacial score (nSPS) is 23.4. The van der Waals surface area contributed by atoms with Gasteiger partial charge in [-0.15, -0.1) is 0 Å². The first-order valence-corrected chi connectivity index (χ1v) is 9.63. The minimum Gasteiger partial charge on any atom is -0.355 e. The summed E-state index contributed by atoms with van der Waals surface area (Å²) in [7, 11) is 1.73. The molecule has 0 bridgehead atoms. The largest absolute Gasteiger partial charge is 0.403 e. The molecule has 1 N–H and O–H groups in total. The van der Waals surface area contributed by atoms with Crippen LogP contribution in [0.3, 0.4) is 0 Å². The average Bonchev–Trinajstić information content (AvgIpc) is 2.58. The molecule has 2 heterocycles. The van der Waals surface area contributed by atoms with Crippen molar-refractivity contribution < 1.29 is 13.2 Å². The highest BCUT2D eigenvalue weighted by Crippen LogP contribution is 2.25. The summed E-state index contributed by atoms with van der Waals surface area (Å²) >= 11 is 1.99. The topological polar surface area (TPSA) is 34.1 Å². The quantitative estimate of drug-likeness (QED) is 0.596. The van der Waals surface area contributed by atoms with E-state index in [9.17, 15) is 13.2 Å². The van der Waals surface area contributed by atoms with Crippen LogP contribution in [0.1, 0.15) is 6.92 Å². The van der Waals surface area contributed by atoms with Crippen LogP contribution in [-0.2, 0) is 0 Å². The molecule has 1 unspecified atom stereocenters. The molecule has 2 aliphatic rings. The lowest BCUT2D eigenvalue weighted by Gasteiger charge is -2.39. The first-order valence-electron chi connectivity index (χ1n) is 8.48. The molecule has 5 nitrogen and oxygen atoms in total. The van der Waals surface area contributed by atoms with Crippen LogP contribution in [0, 0.1) is 0 Å². The van der Waals surface area contributed by atoms with Crippen molar-refractivity contribution in [1.29, 1.82) is 0 Å². The number of piperazine rings is 1. The van der Waals surface area contributed by atoms with Gasteiger partial charge in [0.05, 0.1) is 0 Å². The van der Waals surface area contributed by atoms with Gasteiger partial charge in [0, 0.05) is 70.9 Å². The summed E-state index contributed by atoms with van der Waals surface area (Å²) in [6.45, 7) is 7.23. The predicted octanol–water partition coefficient (Wildman–Crippen LogP) is 1.18. The van der Waals surface area contributed by atoms with Crippen LogP contribution in [0.25, 0.3) is 0 Å². The summed E-state index contributed by atoms with van der Waals surface area (Å²) in [6, 6.07) is -1.38. The third-order valence-corrected chi connectivity index (χ3v) is 5.60. The Morgan fingerprint density at radius 1 is 1.12 bits per heavy atom. The van der Waals surface area contributed by atoms with E-state index in [4.69, 9.17) is 0 Å². The predicted molar refractivity (Wildman–Crippen MR) is 93.8 cm³/mol. The fraction of sp³-hybridized carbons (Fsp3) is 0.933. The molecule has 0 aromatic rings. The first-order chi connectivity index (χ1) is 11.4. The van der Waals surface area contributed by atoms with Crippen molar-refractivity contribution in [1.82, 2.24) is 20.0 Å². The van der Waals surface area contributed by atoms with E-state index >= 15 is 0 Å². The van der Waals surface area contributed by atoms with Crippen LogP contribution in [0.2, 0.25) is 0 Å². The molecule has 0 amide bonds. The molecule has 1 atom stereocenters. The average molecular weight is 367 g/mol. The molecule has 0 spiro atoms. The molecular formula is C15H28F3N5S. The van der Waals surface area contributed by atoms with E-state index in [2.05, 4.69) is 15.2 Å². The summed E-state index contributed by atoms with van der Waals surface area (Å²) in [5, 5.41) is 3.35. The molecular weight excluding hydrogens is 339 g/mol. The Balaban J connectivity index is 1.72. The number of alkyl halides is 3. The van der Waals surface area contributed by atoms with Gasteiger partial charge in [0.25, 0.3) is 0 Å². The van der Waals surface area contributed by atoms with Gasteiger partial charge in [0.15, 0.2) is 5.96 Å². The first kappa shape index (κ1) is 19.7. The second-order valence-electron chi connectivity index (χ2n) is 6.17. The Morgan fingerprint density at radius 2 is 1.75 bits per heavy atom.